The zero-order valence-electron chi connectivity index (χ0n) is 21.8. The van der Waals surface area contributed by atoms with Crippen LogP contribution >= 0.6 is 0 Å². The Morgan fingerprint density at radius 3 is 2.53 bits per heavy atom. The van der Waals surface area contributed by atoms with Crippen LogP contribution in [0.4, 0.5) is 14.9 Å². The second-order valence-electron chi connectivity index (χ2n) is 9.34. The summed E-state index contributed by atoms with van der Waals surface area (Å²) in [7, 11) is 1.63. The predicted molar refractivity (Wildman–Crippen MR) is 137 cm³/mol. The van der Waals surface area contributed by atoms with Crippen molar-refractivity contribution < 1.29 is 28.4 Å². The van der Waals surface area contributed by atoms with Crippen LogP contribution in [0.3, 0.4) is 0 Å². The smallest absolute Gasteiger partial charge is 0.338 e. The minimum Gasteiger partial charge on any atom is -0.459 e. The number of likely N-dealkylation sites (N-methyl/N-ethyl adjacent to an activating group) is 1. The van der Waals surface area contributed by atoms with E-state index in [-0.39, 0.29) is 36.0 Å². The largest absolute Gasteiger partial charge is 0.459 e. The van der Waals surface area contributed by atoms with Crippen LogP contribution in [0.15, 0.2) is 59.8 Å². The number of benzene rings is 2. The van der Waals surface area contributed by atoms with Crippen LogP contribution in [0, 0.1) is 15.9 Å². The number of carbonyl (C=O) groups is 3. The zero-order valence-corrected chi connectivity index (χ0v) is 21.8. The summed E-state index contributed by atoms with van der Waals surface area (Å²) < 4.78 is 18.6. The number of hydrogen-bond acceptors (Lipinski definition) is 6. The van der Waals surface area contributed by atoms with Gasteiger partial charge in [0, 0.05) is 38.0 Å². The molecule has 38 heavy (non-hydrogen) atoms. The molecule has 2 aromatic carbocycles. The fourth-order valence-corrected chi connectivity index (χ4v) is 4.22. The summed E-state index contributed by atoms with van der Waals surface area (Å²) in [4.78, 5) is 52.6. The summed E-state index contributed by atoms with van der Waals surface area (Å²) in [5, 5.41) is 14.1. The lowest BCUT2D eigenvalue weighted by Gasteiger charge is -2.38. The summed E-state index contributed by atoms with van der Waals surface area (Å²) in [5.41, 5.74) is 1.39. The molecule has 10 nitrogen and oxygen atoms in total. The molecular formula is C27H31FN4O6. The molecule has 0 saturated carbocycles. The first-order valence-corrected chi connectivity index (χ1v) is 12.2. The average Bonchev–Trinajstić information content (AvgIpc) is 2.85. The minimum absolute atomic E-state index is 0.102. The molecule has 11 heteroatoms. The molecule has 202 valence electrons. The van der Waals surface area contributed by atoms with E-state index in [2.05, 4.69) is 5.32 Å². The Morgan fingerprint density at radius 2 is 1.89 bits per heavy atom. The number of non-ortho nitro benzene ring substituents is 1. The van der Waals surface area contributed by atoms with Gasteiger partial charge in [-0.2, -0.15) is 0 Å². The maximum atomic E-state index is 13.1. The highest BCUT2D eigenvalue weighted by Gasteiger charge is 2.39. The van der Waals surface area contributed by atoms with Crippen molar-refractivity contribution in [2.75, 3.05) is 20.1 Å². The molecular weight excluding hydrogens is 495 g/mol. The molecule has 0 radical (unpaired) electrons. The Bertz CT molecular complexity index is 1240. The molecule has 2 aromatic rings. The first-order valence-electron chi connectivity index (χ1n) is 12.2. The molecule has 1 atom stereocenters. The number of urea groups is 1. The van der Waals surface area contributed by atoms with Crippen LogP contribution in [0.1, 0.15) is 44.4 Å². The Balaban J connectivity index is 1.81. The molecule has 0 spiro atoms. The number of hydrogen-bond donors (Lipinski definition) is 1. The van der Waals surface area contributed by atoms with Gasteiger partial charge in [0.1, 0.15) is 5.82 Å². The zero-order chi connectivity index (χ0) is 28.0. The summed E-state index contributed by atoms with van der Waals surface area (Å²) in [6.07, 6.45) is 0.0564. The Morgan fingerprint density at radius 1 is 1.21 bits per heavy atom. The van der Waals surface area contributed by atoms with Crippen molar-refractivity contribution in [2.24, 2.45) is 0 Å². The third-order valence-electron chi connectivity index (χ3n) is 6.09. The van der Waals surface area contributed by atoms with Crippen molar-refractivity contribution in [3.05, 3.63) is 86.9 Å². The van der Waals surface area contributed by atoms with E-state index in [9.17, 15) is 28.9 Å². The first kappa shape index (κ1) is 28.3. The van der Waals surface area contributed by atoms with Crippen molar-refractivity contribution >= 4 is 23.6 Å². The number of esters is 1. The minimum atomic E-state index is -0.921. The molecule has 0 bridgehead atoms. The molecule has 3 rings (SSSR count). The van der Waals surface area contributed by atoms with Crippen LogP contribution in [0.25, 0.3) is 0 Å². The van der Waals surface area contributed by atoms with Crippen LogP contribution < -0.4 is 5.32 Å². The van der Waals surface area contributed by atoms with Gasteiger partial charge in [-0.1, -0.05) is 24.3 Å². The van der Waals surface area contributed by atoms with Gasteiger partial charge in [0.15, 0.2) is 0 Å². The molecule has 0 fully saturated rings. The number of nitrogens with zero attached hydrogens (tertiary/aromatic N) is 3. The van der Waals surface area contributed by atoms with Crippen molar-refractivity contribution in [3.8, 4) is 0 Å². The molecule has 1 heterocycles. The van der Waals surface area contributed by atoms with Crippen LogP contribution in [-0.2, 0) is 20.7 Å². The predicted octanol–water partition coefficient (Wildman–Crippen LogP) is 4.12. The van der Waals surface area contributed by atoms with Crippen LogP contribution in [0.2, 0.25) is 0 Å². The lowest BCUT2D eigenvalue weighted by Crippen LogP contribution is -2.49. The van der Waals surface area contributed by atoms with Gasteiger partial charge in [0.05, 0.1) is 29.1 Å². The maximum Gasteiger partial charge on any atom is 0.338 e. The molecule has 1 unspecified atom stereocenters. The number of amides is 3. The van der Waals surface area contributed by atoms with Crippen molar-refractivity contribution in [1.29, 1.82) is 0 Å². The van der Waals surface area contributed by atoms with Gasteiger partial charge < -0.3 is 19.9 Å². The quantitative estimate of drug-likeness (QED) is 0.282. The van der Waals surface area contributed by atoms with Gasteiger partial charge in [-0.15, -0.1) is 0 Å². The van der Waals surface area contributed by atoms with Crippen LogP contribution in [0.5, 0.6) is 0 Å². The van der Waals surface area contributed by atoms with E-state index in [4.69, 9.17) is 4.74 Å². The van der Waals surface area contributed by atoms with Crippen LogP contribution in [-0.4, -0.2) is 58.9 Å². The number of halogens is 1. The fourth-order valence-electron chi connectivity index (χ4n) is 4.22. The van der Waals surface area contributed by atoms with E-state index in [1.165, 1.54) is 40.1 Å². The highest BCUT2D eigenvalue weighted by molar-refractivity contribution is 5.95. The fraction of sp³-hybridized carbons (Fsp3) is 0.370. The van der Waals surface area contributed by atoms with Gasteiger partial charge in [-0.05, 0) is 50.5 Å². The van der Waals surface area contributed by atoms with E-state index in [0.717, 1.165) is 0 Å². The summed E-state index contributed by atoms with van der Waals surface area (Å²) in [5.74, 6) is -1.19. The molecule has 1 N–H and O–H groups in total. The van der Waals surface area contributed by atoms with E-state index in [1.807, 2.05) is 0 Å². The third kappa shape index (κ3) is 6.93. The van der Waals surface area contributed by atoms with E-state index < -0.39 is 29.1 Å². The Kier molecular flexibility index (Phi) is 9.16. The summed E-state index contributed by atoms with van der Waals surface area (Å²) in [6, 6.07) is 10.1. The Labute approximate surface area is 220 Å². The number of carbonyl (C=O) groups excluding carboxylic acids is 3. The second-order valence-corrected chi connectivity index (χ2v) is 9.34. The van der Waals surface area contributed by atoms with E-state index >= 15 is 0 Å². The number of nitrogens with one attached hydrogen (secondary N) is 1. The number of nitro groups is 1. The first-order chi connectivity index (χ1) is 18.0. The van der Waals surface area contributed by atoms with Crippen molar-refractivity contribution in [2.45, 2.75) is 45.8 Å². The van der Waals surface area contributed by atoms with E-state index in [0.29, 0.717) is 29.8 Å². The van der Waals surface area contributed by atoms with Crippen molar-refractivity contribution in [1.82, 2.24) is 15.1 Å². The van der Waals surface area contributed by atoms with Gasteiger partial charge in [0.2, 0.25) is 5.91 Å². The standard InChI is InChI=1S/C27H31FN4O6/c1-17(2)38-26(34)24-18(3)29-27(35)31(25(24)20-7-5-8-22(16-20)32(36)37)14-6-13-30(4)23(33)15-19-9-11-21(28)12-10-19/h5,7-12,16-17,25H,6,13-15H2,1-4H3,(H,29,35). The maximum absolute atomic E-state index is 13.1. The average molecular weight is 527 g/mol. The number of ether oxygens (including phenoxy) is 1. The third-order valence-corrected chi connectivity index (χ3v) is 6.09. The van der Waals surface area contributed by atoms with Gasteiger partial charge >= 0.3 is 12.0 Å². The number of allylic oxidation sites excluding steroid dienone is 1. The van der Waals surface area contributed by atoms with Gasteiger partial charge in [0.25, 0.3) is 5.69 Å². The van der Waals surface area contributed by atoms with E-state index in [1.54, 1.807) is 46.0 Å². The second kappa shape index (κ2) is 12.3. The summed E-state index contributed by atoms with van der Waals surface area (Å²) >= 11 is 0. The van der Waals surface area contributed by atoms with Gasteiger partial charge in [-0.3, -0.25) is 14.9 Å². The van der Waals surface area contributed by atoms with Gasteiger partial charge in [-0.25, -0.2) is 14.0 Å². The normalized spacial score (nSPS) is 15.4. The lowest BCUT2D eigenvalue weighted by atomic mass is 9.93. The molecule has 1 aliphatic rings. The topological polar surface area (TPSA) is 122 Å². The monoisotopic (exact) mass is 526 g/mol. The SMILES string of the molecule is CC1=C(C(=O)OC(C)C)C(c2cccc([N+](=O)[O-])c2)N(CCCN(C)C(=O)Cc2ccc(F)cc2)C(=O)N1. The highest BCUT2D eigenvalue weighted by Crippen LogP contribution is 2.36. The molecule has 0 aromatic heterocycles. The van der Waals surface area contributed by atoms with Crippen molar-refractivity contribution in [3.63, 3.8) is 0 Å². The highest BCUT2D eigenvalue weighted by atomic mass is 19.1. The number of rotatable bonds is 10. The summed E-state index contributed by atoms with van der Waals surface area (Å²) in [6.45, 7) is 5.44. The molecule has 0 saturated heterocycles. The lowest BCUT2D eigenvalue weighted by molar-refractivity contribution is -0.384. The Hall–Kier alpha value is -4.28. The molecule has 3 amide bonds. The molecule has 1 aliphatic heterocycles. The number of nitro benzene ring substituents is 1. The molecule has 0 aliphatic carbocycles.